The Labute approximate surface area is 115 Å². The highest BCUT2D eigenvalue weighted by Crippen LogP contribution is 2.22. The summed E-state index contributed by atoms with van der Waals surface area (Å²) in [4.78, 5) is 25.1. The van der Waals surface area contributed by atoms with Crippen molar-refractivity contribution in [2.45, 2.75) is 32.7 Å². The van der Waals surface area contributed by atoms with Gasteiger partial charge >= 0.3 is 5.97 Å². The number of amides is 1. The Bertz CT molecular complexity index is 433. The molecule has 0 radical (unpaired) electrons. The van der Waals surface area contributed by atoms with Gasteiger partial charge in [0.25, 0.3) is 0 Å². The Balaban J connectivity index is 2.72. The van der Waals surface area contributed by atoms with Crippen LogP contribution in [0, 0.1) is 0 Å². The molecule has 0 aliphatic heterocycles. The van der Waals surface area contributed by atoms with Crippen LogP contribution in [0.4, 0.5) is 0 Å². The summed E-state index contributed by atoms with van der Waals surface area (Å²) in [5.74, 6) is -1.17. The average molecular weight is 290 g/mol. The van der Waals surface area contributed by atoms with Gasteiger partial charge in [0.05, 0.1) is 10.8 Å². The molecule has 1 heterocycles. The van der Waals surface area contributed by atoms with Gasteiger partial charge in [-0.1, -0.05) is 18.5 Å². The van der Waals surface area contributed by atoms with Crippen LogP contribution in [0.3, 0.4) is 0 Å². The summed E-state index contributed by atoms with van der Waals surface area (Å²) >= 11 is 7.14. The molecule has 0 saturated carbocycles. The number of carbonyl (C=O) groups excluding carboxylic acids is 1. The van der Waals surface area contributed by atoms with Gasteiger partial charge in [-0.15, -0.1) is 11.3 Å². The summed E-state index contributed by atoms with van der Waals surface area (Å²) in [6.07, 6.45) is 0.930. The van der Waals surface area contributed by atoms with Crippen molar-refractivity contribution in [1.82, 2.24) is 4.90 Å². The zero-order valence-electron chi connectivity index (χ0n) is 10.4. The van der Waals surface area contributed by atoms with Crippen LogP contribution in [0.15, 0.2) is 12.1 Å². The van der Waals surface area contributed by atoms with Crippen LogP contribution in [0.2, 0.25) is 4.34 Å². The number of carboxylic acid groups (broad SMARTS) is 1. The van der Waals surface area contributed by atoms with Crippen LogP contribution < -0.4 is 0 Å². The third-order valence-corrected chi connectivity index (χ3v) is 3.93. The zero-order chi connectivity index (χ0) is 13.7. The van der Waals surface area contributed by atoms with E-state index in [1.807, 2.05) is 13.8 Å². The second-order valence-electron chi connectivity index (χ2n) is 4.06. The highest BCUT2D eigenvalue weighted by atomic mass is 35.5. The highest BCUT2D eigenvalue weighted by Gasteiger charge is 2.22. The van der Waals surface area contributed by atoms with Crippen molar-refractivity contribution >= 4 is 34.8 Å². The maximum Gasteiger partial charge on any atom is 0.323 e. The fraction of sp³-hybridized carbons (Fsp3) is 0.500. The number of rotatable bonds is 6. The minimum absolute atomic E-state index is 0.0796. The lowest BCUT2D eigenvalue weighted by Gasteiger charge is -2.26. The quantitative estimate of drug-likeness (QED) is 0.876. The topological polar surface area (TPSA) is 57.6 Å². The van der Waals surface area contributed by atoms with E-state index in [1.165, 1.54) is 16.2 Å². The molecule has 1 atom stereocenters. The van der Waals surface area contributed by atoms with Crippen LogP contribution in [-0.2, 0) is 16.0 Å². The number of carbonyl (C=O) groups is 2. The second kappa shape index (κ2) is 6.75. The SMILES string of the molecule is CCC(C)N(CC(=O)O)C(=O)Cc1ccc(Cl)s1. The molecular weight excluding hydrogens is 274 g/mol. The first-order valence-corrected chi connectivity index (χ1v) is 6.89. The number of aliphatic carboxylic acids is 1. The van der Waals surface area contributed by atoms with Crippen LogP contribution in [-0.4, -0.2) is 34.5 Å². The molecule has 0 spiro atoms. The summed E-state index contributed by atoms with van der Waals surface area (Å²) in [5.41, 5.74) is 0. The summed E-state index contributed by atoms with van der Waals surface area (Å²) in [7, 11) is 0. The van der Waals surface area contributed by atoms with E-state index >= 15 is 0 Å². The summed E-state index contributed by atoms with van der Waals surface area (Å²) < 4.78 is 0.631. The standard InChI is InChI=1S/C12H16ClNO3S/c1-3-8(2)14(7-12(16)17)11(15)6-9-4-5-10(13)18-9/h4-5,8H,3,6-7H2,1-2H3,(H,16,17). The molecule has 100 valence electrons. The number of hydrogen-bond acceptors (Lipinski definition) is 3. The van der Waals surface area contributed by atoms with Crippen LogP contribution in [0.5, 0.6) is 0 Å². The van der Waals surface area contributed by atoms with Crippen molar-refractivity contribution in [1.29, 1.82) is 0 Å². The van der Waals surface area contributed by atoms with E-state index in [0.29, 0.717) is 4.34 Å². The molecule has 0 saturated heterocycles. The second-order valence-corrected chi connectivity index (χ2v) is 5.85. The van der Waals surface area contributed by atoms with Gasteiger partial charge < -0.3 is 10.0 Å². The predicted octanol–water partition coefficient (Wildman–Crippen LogP) is 2.66. The lowest BCUT2D eigenvalue weighted by molar-refractivity contribution is -0.145. The molecule has 18 heavy (non-hydrogen) atoms. The molecule has 6 heteroatoms. The molecule has 1 aromatic heterocycles. The van der Waals surface area contributed by atoms with Gasteiger partial charge in [0.2, 0.25) is 5.91 Å². The first-order valence-electron chi connectivity index (χ1n) is 5.69. The molecule has 0 bridgehead atoms. The number of hydrogen-bond donors (Lipinski definition) is 1. The van der Waals surface area contributed by atoms with E-state index in [9.17, 15) is 9.59 Å². The fourth-order valence-electron chi connectivity index (χ4n) is 1.55. The first kappa shape index (κ1) is 15.0. The molecule has 0 aromatic carbocycles. The van der Waals surface area contributed by atoms with Gasteiger partial charge in [-0.2, -0.15) is 0 Å². The molecule has 1 aromatic rings. The van der Waals surface area contributed by atoms with Crippen molar-refractivity contribution in [3.05, 3.63) is 21.3 Å². The fourth-order valence-corrected chi connectivity index (χ4v) is 2.63. The summed E-state index contributed by atoms with van der Waals surface area (Å²) in [6.45, 7) is 3.52. The van der Waals surface area contributed by atoms with Crippen LogP contribution >= 0.6 is 22.9 Å². The van der Waals surface area contributed by atoms with Gasteiger partial charge in [-0.25, -0.2) is 0 Å². The Morgan fingerprint density at radius 2 is 2.17 bits per heavy atom. The Morgan fingerprint density at radius 3 is 2.61 bits per heavy atom. The molecule has 4 nitrogen and oxygen atoms in total. The number of nitrogens with zero attached hydrogens (tertiary/aromatic N) is 1. The molecule has 0 fully saturated rings. The van der Waals surface area contributed by atoms with Crippen LogP contribution in [0.25, 0.3) is 0 Å². The molecule has 0 aliphatic rings. The van der Waals surface area contributed by atoms with E-state index in [4.69, 9.17) is 16.7 Å². The normalized spacial score (nSPS) is 12.2. The van der Waals surface area contributed by atoms with Gasteiger partial charge in [-0.3, -0.25) is 9.59 Å². The molecule has 1 amide bonds. The molecule has 1 unspecified atom stereocenters. The minimum atomic E-state index is -0.993. The van der Waals surface area contributed by atoms with E-state index in [2.05, 4.69) is 0 Å². The molecular formula is C12H16ClNO3S. The third-order valence-electron chi connectivity index (χ3n) is 2.70. The van der Waals surface area contributed by atoms with E-state index < -0.39 is 5.97 Å². The van der Waals surface area contributed by atoms with Crippen LogP contribution in [0.1, 0.15) is 25.1 Å². The average Bonchev–Trinajstić information content (AvgIpc) is 2.70. The van der Waals surface area contributed by atoms with E-state index in [1.54, 1.807) is 12.1 Å². The largest absolute Gasteiger partial charge is 0.480 e. The molecule has 1 N–H and O–H groups in total. The van der Waals surface area contributed by atoms with Gasteiger partial charge in [-0.05, 0) is 25.5 Å². The molecule has 0 aliphatic carbocycles. The van der Waals surface area contributed by atoms with Crippen molar-refractivity contribution in [2.75, 3.05) is 6.54 Å². The van der Waals surface area contributed by atoms with E-state index in [-0.39, 0.29) is 24.9 Å². The molecule has 1 rings (SSSR count). The number of halogens is 1. The van der Waals surface area contributed by atoms with Crippen molar-refractivity contribution in [2.24, 2.45) is 0 Å². The first-order chi connectivity index (χ1) is 8.43. The van der Waals surface area contributed by atoms with Crippen molar-refractivity contribution in [3.8, 4) is 0 Å². The van der Waals surface area contributed by atoms with Gasteiger partial charge in [0.1, 0.15) is 6.54 Å². The monoisotopic (exact) mass is 289 g/mol. The minimum Gasteiger partial charge on any atom is -0.480 e. The van der Waals surface area contributed by atoms with Crippen molar-refractivity contribution in [3.63, 3.8) is 0 Å². The predicted molar refractivity (Wildman–Crippen MR) is 72.1 cm³/mol. The highest BCUT2D eigenvalue weighted by molar-refractivity contribution is 7.16. The van der Waals surface area contributed by atoms with Gasteiger partial charge in [0, 0.05) is 10.9 Å². The smallest absolute Gasteiger partial charge is 0.323 e. The summed E-state index contributed by atoms with van der Waals surface area (Å²) in [6, 6.07) is 3.45. The summed E-state index contributed by atoms with van der Waals surface area (Å²) in [5, 5.41) is 8.83. The third kappa shape index (κ3) is 4.31. The maximum absolute atomic E-state index is 12.1. The Hall–Kier alpha value is -1.07. The van der Waals surface area contributed by atoms with E-state index in [0.717, 1.165) is 11.3 Å². The lowest BCUT2D eigenvalue weighted by Crippen LogP contribution is -2.42. The Kier molecular flexibility index (Phi) is 5.62. The number of thiophene rings is 1. The van der Waals surface area contributed by atoms with Gasteiger partial charge in [0.15, 0.2) is 0 Å². The lowest BCUT2D eigenvalue weighted by atomic mass is 10.2. The van der Waals surface area contributed by atoms with Crippen molar-refractivity contribution < 1.29 is 14.7 Å². The Morgan fingerprint density at radius 1 is 1.50 bits per heavy atom. The maximum atomic E-state index is 12.1. The number of carboxylic acids is 1. The zero-order valence-corrected chi connectivity index (χ0v) is 11.9.